The monoisotopic (exact) mass is 277 g/mol. The molecule has 0 radical (unpaired) electrons. The Labute approximate surface area is 115 Å². The lowest BCUT2D eigenvalue weighted by molar-refractivity contribution is -0.0593. The molecule has 0 saturated carbocycles. The number of pyridine rings is 1. The molecule has 20 heavy (non-hydrogen) atoms. The highest BCUT2D eigenvalue weighted by Crippen LogP contribution is 2.22. The van der Waals surface area contributed by atoms with Crippen molar-refractivity contribution in [3.8, 4) is 5.75 Å². The van der Waals surface area contributed by atoms with Crippen LogP contribution in [0, 0.1) is 0 Å². The Hall–Kier alpha value is -2.31. The molecule has 106 valence electrons. The van der Waals surface area contributed by atoms with E-state index in [2.05, 4.69) is 0 Å². The Morgan fingerprint density at radius 1 is 1.25 bits per heavy atom. The number of aliphatic hydroxyl groups is 1. The third kappa shape index (κ3) is 2.81. The van der Waals surface area contributed by atoms with E-state index >= 15 is 0 Å². The summed E-state index contributed by atoms with van der Waals surface area (Å²) in [6.07, 6.45) is 0.335. The standard InChI is InChI=1S/C14H15NO5/c1-19-14(10-5-3-2-4-6-10)20-13-11(9-16)15(18)8-7-12(13)17/h2-8,14,16,18H,9H2,1H3. The van der Waals surface area contributed by atoms with Gasteiger partial charge in [-0.2, -0.15) is 4.73 Å². The molecule has 1 heterocycles. The smallest absolute Gasteiger partial charge is 0.226 e. The summed E-state index contributed by atoms with van der Waals surface area (Å²) in [4.78, 5) is 11.8. The number of ether oxygens (including phenoxy) is 2. The van der Waals surface area contributed by atoms with E-state index in [0.717, 1.165) is 12.3 Å². The molecule has 0 aliphatic rings. The van der Waals surface area contributed by atoms with Gasteiger partial charge >= 0.3 is 0 Å². The highest BCUT2D eigenvalue weighted by molar-refractivity contribution is 5.28. The Kier molecular flexibility index (Phi) is 4.39. The van der Waals surface area contributed by atoms with Crippen LogP contribution in [-0.2, 0) is 11.3 Å². The molecule has 1 atom stereocenters. The number of nitrogens with zero attached hydrogens (tertiary/aromatic N) is 1. The number of benzene rings is 1. The molecule has 0 spiro atoms. The number of hydrogen-bond acceptors (Lipinski definition) is 5. The first-order valence-corrected chi connectivity index (χ1v) is 5.96. The molecule has 0 bridgehead atoms. The second-order valence-electron chi connectivity index (χ2n) is 4.05. The van der Waals surface area contributed by atoms with Crippen molar-refractivity contribution in [2.24, 2.45) is 0 Å². The Morgan fingerprint density at radius 3 is 2.55 bits per heavy atom. The van der Waals surface area contributed by atoms with Gasteiger partial charge in [0, 0.05) is 24.9 Å². The Bertz CT molecular complexity index is 623. The second kappa shape index (κ2) is 6.23. The van der Waals surface area contributed by atoms with Crippen molar-refractivity contribution in [3.63, 3.8) is 0 Å². The van der Waals surface area contributed by atoms with E-state index in [1.165, 1.54) is 7.11 Å². The first-order chi connectivity index (χ1) is 9.67. The molecular weight excluding hydrogens is 262 g/mol. The van der Waals surface area contributed by atoms with Gasteiger partial charge in [0.25, 0.3) is 0 Å². The Morgan fingerprint density at radius 2 is 1.95 bits per heavy atom. The molecular formula is C14H15NO5. The second-order valence-corrected chi connectivity index (χ2v) is 4.05. The van der Waals surface area contributed by atoms with Gasteiger partial charge in [0.2, 0.25) is 11.7 Å². The van der Waals surface area contributed by atoms with Crippen LogP contribution in [-0.4, -0.2) is 22.2 Å². The van der Waals surface area contributed by atoms with Crippen molar-refractivity contribution in [3.05, 3.63) is 64.1 Å². The molecule has 6 heteroatoms. The van der Waals surface area contributed by atoms with Crippen LogP contribution in [0.3, 0.4) is 0 Å². The molecule has 2 N–H and O–H groups in total. The quantitative estimate of drug-likeness (QED) is 0.636. The van der Waals surface area contributed by atoms with Crippen molar-refractivity contribution >= 4 is 0 Å². The molecule has 0 saturated heterocycles. The zero-order chi connectivity index (χ0) is 14.5. The van der Waals surface area contributed by atoms with Gasteiger partial charge in [0.15, 0.2) is 5.75 Å². The molecule has 1 aromatic carbocycles. The normalized spacial score (nSPS) is 12.1. The fourth-order valence-electron chi connectivity index (χ4n) is 1.79. The van der Waals surface area contributed by atoms with E-state index in [4.69, 9.17) is 9.47 Å². The van der Waals surface area contributed by atoms with Gasteiger partial charge in [-0.15, -0.1) is 0 Å². The maximum atomic E-state index is 11.8. The molecule has 1 aromatic heterocycles. The highest BCUT2D eigenvalue weighted by Gasteiger charge is 2.18. The van der Waals surface area contributed by atoms with Gasteiger partial charge in [0.05, 0.1) is 6.61 Å². The zero-order valence-electron chi connectivity index (χ0n) is 10.9. The lowest BCUT2D eigenvalue weighted by Crippen LogP contribution is -2.19. The summed E-state index contributed by atoms with van der Waals surface area (Å²) < 4.78 is 11.4. The largest absolute Gasteiger partial charge is 0.454 e. The average molecular weight is 277 g/mol. The number of methoxy groups -OCH3 is 1. The van der Waals surface area contributed by atoms with Gasteiger partial charge in [-0.05, 0) is 0 Å². The number of aliphatic hydroxyl groups excluding tert-OH is 1. The minimum Gasteiger partial charge on any atom is -0.454 e. The van der Waals surface area contributed by atoms with Gasteiger partial charge in [-0.3, -0.25) is 4.79 Å². The van der Waals surface area contributed by atoms with E-state index < -0.39 is 18.3 Å². The number of hydrogen-bond donors (Lipinski definition) is 2. The van der Waals surface area contributed by atoms with Crippen molar-refractivity contribution in [1.82, 2.24) is 4.73 Å². The van der Waals surface area contributed by atoms with Crippen molar-refractivity contribution in [2.45, 2.75) is 12.9 Å². The van der Waals surface area contributed by atoms with Gasteiger partial charge in [-0.25, -0.2) is 0 Å². The molecule has 1 unspecified atom stereocenters. The number of aromatic nitrogens is 1. The maximum Gasteiger partial charge on any atom is 0.226 e. The maximum absolute atomic E-state index is 11.8. The number of rotatable bonds is 5. The highest BCUT2D eigenvalue weighted by atomic mass is 16.7. The Balaban J connectivity index is 2.38. The van der Waals surface area contributed by atoms with Crippen molar-refractivity contribution in [2.75, 3.05) is 7.11 Å². The third-order valence-corrected chi connectivity index (χ3v) is 2.79. The molecule has 0 aliphatic heterocycles. The first kappa shape index (κ1) is 14.1. The van der Waals surface area contributed by atoms with E-state index in [1.807, 2.05) is 18.2 Å². The lowest BCUT2D eigenvalue weighted by Gasteiger charge is -2.19. The van der Waals surface area contributed by atoms with Crippen LogP contribution >= 0.6 is 0 Å². The summed E-state index contributed by atoms with van der Waals surface area (Å²) >= 11 is 0. The van der Waals surface area contributed by atoms with Crippen LogP contribution in [0.15, 0.2) is 47.4 Å². The molecule has 0 amide bonds. The molecule has 0 fully saturated rings. The molecule has 0 aliphatic carbocycles. The average Bonchev–Trinajstić information content (AvgIpc) is 2.49. The van der Waals surface area contributed by atoms with Gasteiger partial charge in [-0.1, -0.05) is 30.3 Å². The summed E-state index contributed by atoms with van der Waals surface area (Å²) in [6.45, 7) is -0.535. The summed E-state index contributed by atoms with van der Waals surface area (Å²) in [5.41, 5.74) is 0.236. The van der Waals surface area contributed by atoms with Crippen LogP contribution < -0.4 is 10.2 Å². The summed E-state index contributed by atoms with van der Waals surface area (Å²) in [7, 11) is 1.44. The minimum absolute atomic E-state index is 0.0320. The van der Waals surface area contributed by atoms with E-state index in [-0.39, 0.29) is 11.4 Å². The SMILES string of the molecule is COC(Oc1c(CO)n(O)ccc1=O)c1ccccc1. The van der Waals surface area contributed by atoms with Crippen LogP contribution in [0.1, 0.15) is 17.5 Å². The van der Waals surface area contributed by atoms with Crippen LogP contribution in [0.5, 0.6) is 5.75 Å². The van der Waals surface area contributed by atoms with E-state index in [0.29, 0.717) is 10.3 Å². The topological polar surface area (TPSA) is 80.9 Å². The third-order valence-electron chi connectivity index (χ3n) is 2.79. The van der Waals surface area contributed by atoms with Crippen LogP contribution in [0.4, 0.5) is 0 Å². The lowest BCUT2D eigenvalue weighted by atomic mass is 10.2. The summed E-state index contributed by atoms with van der Waals surface area (Å²) in [5, 5.41) is 18.8. The van der Waals surface area contributed by atoms with Gasteiger partial charge in [0.1, 0.15) is 5.69 Å². The summed E-state index contributed by atoms with van der Waals surface area (Å²) in [5.74, 6) is -0.145. The minimum atomic E-state index is -0.809. The van der Waals surface area contributed by atoms with E-state index in [9.17, 15) is 15.1 Å². The molecule has 2 aromatic rings. The zero-order valence-corrected chi connectivity index (χ0v) is 10.9. The van der Waals surface area contributed by atoms with Crippen molar-refractivity contribution < 1.29 is 19.8 Å². The van der Waals surface area contributed by atoms with E-state index in [1.54, 1.807) is 12.1 Å². The predicted molar refractivity (Wildman–Crippen MR) is 70.6 cm³/mol. The fourth-order valence-corrected chi connectivity index (χ4v) is 1.79. The molecule has 2 rings (SSSR count). The van der Waals surface area contributed by atoms with Crippen LogP contribution in [0.25, 0.3) is 0 Å². The predicted octanol–water partition coefficient (Wildman–Crippen LogP) is 1.30. The molecule has 6 nitrogen and oxygen atoms in total. The van der Waals surface area contributed by atoms with Gasteiger partial charge < -0.3 is 19.8 Å². The first-order valence-electron chi connectivity index (χ1n) is 5.96. The summed E-state index contributed by atoms with van der Waals surface area (Å²) in [6, 6.07) is 10.2. The fraction of sp³-hybridized carbons (Fsp3) is 0.214. The van der Waals surface area contributed by atoms with Crippen LogP contribution in [0.2, 0.25) is 0 Å². The van der Waals surface area contributed by atoms with Crippen molar-refractivity contribution in [1.29, 1.82) is 0 Å².